The highest BCUT2D eigenvalue weighted by Crippen LogP contribution is 2.31. The quantitative estimate of drug-likeness (QED) is 0.865. The van der Waals surface area contributed by atoms with Crippen LogP contribution in [-0.4, -0.2) is 18.5 Å². The number of hydrogen-bond donors (Lipinski definition) is 2. The number of halogens is 2. The predicted molar refractivity (Wildman–Crippen MR) is 93.5 cm³/mol. The molecule has 0 aliphatic rings. The largest absolute Gasteiger partial charge is 0.347 e. The lowest BCUT2D eigenvalue weighted by atomic mass is 10.0. The van der Waals surface area contributed by atoms with Gasteiger partial charge in [0.2, 0.25) is 0 Å². The van der Waals surface area contributed by atoms with Crippen LogP contribution >= 0.6 is 23.7 Å². The van der Waals surface area contributed by atoms with Crippen LogP contribution in [0, 0.1) is 18.7 Å². The molecular formula is C16H22ClFN2OS. The molecule has 2 aromatic rings. The van der Waals surface area contributed by atoms with Crippen molar-refractivity contribution in [1.29, 1.82) is 0 Å². The number of nitrogens with two attached hydrogens (primary N) is 1. The number of amides is 1. The highest BCUT2D eigenvalue weighted by Gasteiger charge is 2.19. The molecule has 1 unspecified atom stereocenters. The summed E-state index contributed by atoms with van der Waals surface area (Å²) in [6.07, 6.45) is 0.848. The second-order valence-electron chi connectivity index (χ2n) is 5.73. The highest BCUT2D eigenvalue weighted by molar-refractivity contribution is 7.21. The maximum atomic E-state index is 13.3. The first-order valence-electron chi connectivity index (χ1n) is 7.12. The van der Waals surface area contributed by atoms with Crippen molar-refractivity contribution in [2.45, 2.75) is 33.2 Å². The summed E-state index contributed by atoms with van der Waals surface area (Å²) in [5, 5.41) is 3.79. The Kier molecular flexibility index (Phi) is 6.78. The third-order valence-electron chi connectivity index (χ3n) is 3.48. The summed E-state index contributed by atoms with van der Waals surface area (Å²) in [5.41, 5.74) is 6.55. The average molecular weight is 345 g/mol. The topological polar surface area (TPSA) is 55.1 Å². The lowest BCUT2D eigenvalue weighted by Crippen LogP contribution is -2.40. The molecule has 0 bridgehead atoms. The van der Waals surface area contributed by atoms with E-state index in [2.05, 4.69) is 19.2 Å². The van der Waals surface area contributed by atoms with Crippen molar-refractivity contribution < 1.29 is 9.18 Å². The average Bonchev–Trinajstić information content (AvgIpc) is 2.74. The molecule has 0 saturated heterocycles. The predicted octanol–water partition coefficient (Wildman–Crippen LogP) is 3.87. The summed E-state index contributed by atoms with van der Waals surface area (Å²) < 4.78 is 14.2. The maximum absolute atomic E-state index is 13.3. The van der Waals surface area contributed by atoms with Gasteiger partial charge in [0, 0.05) is 17.3 Å². The van der Waals surface area contributed by atoms with Gasteiger partial charge in [-0.2, -0.15) is 0 Å². The lowest BCUT2D eigenvalue weighted by Gasteiger charge is -2.18. The zero-order valence-electron chi connectivity index (χ0n) is 13.0. The van der Waals surface area contributed by atoms with Gasteiger partial charge in [-0.15, -0.1) is 23.7 Å². The van der Waals surface area contributed by atoms with Crippen molar-refractivity contribution in [1.82, 2.24) is 5.32 Å². The molecule has 122 valence electrons. The van der Waals surface area contributed by atoms with Crippen LogP contribution in [0.4, 0.5) is 4.39 Å². The van der Waals surface area contributed by atoms with Crippen LogP contribution in [0.15, 0.2) is 18.2 Å². The minimum Gasteiger partial charge on any atom is -0.347 e. The molecule has 3 N–H and O–H groups in total. The Bertz CT molecular complexity index is 657. The molecule has 1 heterocycles. The molecule has 1 aromatic carbocycles. The first-order valence-corrected chi connectivity index (χ1v) is 7.93. The fraction of sp³-hybridized carbons (Fsp3) is 0.438. The van der Waals surface area contributed by atoms with E-state index in [0.717, 1.165) is 22.1 Å². The van der Waals surface area contributed by atoms with E-state index in [1.54, 1.807) is 6.07 Å². The van der Waals surface area contributed by atoms with Gasteiger partial charge in [0.15, 0.2) is 0 Å². The van der Waals surface area contributed by atoms with Gasteiger partial charge in [-0.3, -0.25) is 4.79 Å². The van der Waals surface area contributed by atoms with Crippen molar-refractivity contribution in [3.05, 3.63) is 34.5 Å². The molecule has 2 rings (SSSR count). The van der Waals surface area contributed by atoms with E-state index in [-0.39, 0.29) is 30.2 Å². The Morgan fingerprint density at radius 2 is 2.09 bits per heavy atom. The Balaban J connectivity index is 0.00000242. The van der Waals surface area contributed by atoms with Gasteiger partial charge in [-0.05, 0) is 48.4 Å². The number of thiophene rings is 1. The van der Waals surface area contributed by atoms with Crippen molar-refractivity contribution in [2.75, 3.05) is 6.54 Å². The van der Waals surface area contributed by atoms with Crippen LogP contribution < -0.4 is 11.1 Å². The van der Waals surface area contributed by atoms with Crippen LogP contribution in [0.2, 0.25) is 0 Å². The first kappa shape index (κ1) is 18.9. The first-order chi connectivity index (χ1) is 9.92. The highest BCUT2D eigenvalue weighted by atomic mass is 35.5. The summed E-state index contributed by atoms with van der Waals surface area (Å²) in [5.74, 6) is 0.0664. The van der Waals surface area contributed by atoms with Crippen molar-refractivity contribution in [3.8, 4) is 0 Å². The Hall–Kier alpha value is -1.17. The molecule has 0 spiro atoms. The Morgan fingerprint density at radius 3 is 2.68 bits per heavy atom. The van der Waals surface area contributed by atoms with Gasteiger partial charge in [0.05, 0.1) is 4.88 Å². The third-order valence-corrected chi connectivity index (χ3v) is 4.75. The molecule has 6 heteroatoms. The van der Waals surface area contributed by atoms with Crippen LogP contribution in [0.5, 0.6) is 0 Å². The second-order valence-corrected chi connectivity index (χ2v) is 6.78. The summed E-state index contributed by atoms with van der Waals surface area (Å²) in [6, 6.07) is 4.58. The van der Waals surface area contributed by atoms with Gasteiger partial charge in [-0.25, -0.2) is 4.39 Å². The fourth-order valence-corrected chi connectivity index (χ4v) is 3.54. The lowest BCUT2D eigenvalue weighted by molar-refractivity contribution is 0.0937. The zero-order chi connectivity index (χ0) is 15.6. The van der Waals surface area contributed by atoms with E-state index >= 15 is 0 Å². The van der Waals surface area contributed by atoms with Gasteiger partial charge in [0.25, 0.3) is 5.91 Å². The maximum Gasteiger partial charge on any atom is 0.261 e. The second kappa shape index (κ2) is 7.90. The molecule has 1 atom stereocenters. The smallest absolute Gasteiger partial charge is 0.261 e. The monoisotopic (exact) mass is 344 g/mol. The molecule has 0 aliphatic heterocycles. The van der Waals surface area contributed by atoms with Gasteiger partial charge in [-0.1, -0.05) is 13.8 Å². The SMILES string of the molecule is Cc1c(C(=O)NC(CN)CC(C)C)sc2ccc(F)cc12.Cl. The fourth-order valence-electron chi connectivity index (χ4n) is 2.44. The van der Waals surface area contributed by atoms with Crippen molar-refractivity contribution >= 4 is 39.7 Å². The van der Waals surface area contributed by atoms with Gasteiger partial charge < -0.3 is 11.1 Å². The summed E-state index contributed by atoms with van der Waals surface area (Å²) in [6.45, 7) is 6.47. The summed E-state index contributed by atoms with van der Waals surface area (Å²) in [7, 11) is 0. The van der Waals surface area contributed by atoms with Crippen LogP contribution in [0.3, 0.4) is 0 Å². The van der Waals surface area contributed by atoms with Crippen LogP contribution in [-0.2, 0) is 0 Å². The number of benzene rings is 1. The van der Waals surface area contributed by atoms with Gasteiger partial charge in [0.1, 0.15) is 5.82 Å². The van der Waals surface area contributed by atoms with Crippen molar-refractivity contribution in [2.24, 2.45) is 11.7 Å². The molecule has 22 heavy (non-hydrogen) atoms. The Labute approximate surface area is 140 Å². The van der Waals surface area contributed by atoms with E-state index in [1.807, 2.05) is 6.92 Å². The number of aryl methyl sites for hydroxylation is 1. The minimum absolute atomic E-state index is 0. The van der Waals surface area contributed by atoms with E-state index in [4.69, 9.17) is 5.73 Å². The minimum atomic E-state index is -0.282. The normalized spacial score (nSPS) is 12.3. The number of nitrogens with one attached hydrogen (secondary N) is 1. The Morgan fingerprint density at radius 1 is 1.41 bits per heavy atom. The third kappa shape index (κ3) is 4.18. The van der Waals surface area contributed by atoms with Crippen LogP contribution in [0.25, 0.3) is 10.1 Å². The molecule has 3 nitrogen and oxygen atoms in total. The van der Waals surface area contributed by atoms with E-state index in [9.17, 15) is 9.18 Å². The molecule has 1 amide bonds. The number of fused-ring (bicyclic) bond motifs is 1. The summed E-state index contributed by atoms with van der Waals surface area (Å²) >= 11 is 1.39. The van der Waals surface area contributed by atoms with Gasteiger partial charge >= 0.3 is 0 Å². The standard InChI is InChI=1S/C16H21FN2OS.ClH/c1-9(2)6-12(8-18)19-16(20)15-10(3)13-7-11(17)4-5-14(13)21-15;/h4-5,7,9,12H,6,8,18H2,1-3H3,(H,19,20);1H. The number of carbonyl (C=O) groups is 1. The molecule has 0 fully saturated rings. The van der Waals surface area contributed by atoms with Crippen molar-refractivity contribution in [3.63, 3.8) is 0 Å². The van der Waals surface area contributed by atoms with E-state index in [0.29, 0.717) is 17.3 Å². The molecule has 1 aromatic heterocycles. The molecule has 0 radical (unpaired) electrons. The van der Waals surface area contributed by atoms with E-state index in [1.165, 1.54) is 23.5 Å². The number of rotatable bonds is 5. The molecule has 0 aliphatic carbocycles. The molecular weight excluding hydrogens is 323 g/mol. The number of carbonyl (C=O) groups excluding carboxylic acids is 1. The van der Waals surface area contributed by atoms with E-state index < -0.39 is 0 Å². The summed E-state index contributed by atoms with van der Waals surface area (Å²) in [4.78, 5) is 13.1. The zero-order valence-corrected chi connectivity index (χ0v) is 14.6. The molecule has 0 saturated carbocycles. The van der Waals surface area contributed by atoms with Crippen LogP contribution in [0.1, 0.15) is 35.5 Å². The number of hydrogen-bond acceptors (Lipinski definition) is 3.